The van der Waals surface area contributed by atoms with E-state index < -0.39 is 10.2 Å². The van der Waals surface area contributed by atoms with Crippen LogP contribution in [0.25, 0.3) is 16.3 Å². The van der Waals surface area contributed by atoms with Crippen LogP contribution in [0.2, 0.25) is 0 Å². The molecule has 2 aromatic heterocycles. The van der Waals surface area contributed by atoms with Gasteiger partial charge in [-0.25, -0.2) is 18.6 Å². The molecular formula is C13H9ClFNO4. The minimum Gasteiger partial charge on any atom is -0.222 e. The fourth-order valence-corrected chi connectivity index (χ4v) is 1.82. The normalized spacial score (nSPS) is 11.2. The minimum atomic E-state index is -4.94. The van der Waals surface area contributed by atoms with Crippen LogP contribution in [0.1, 0.15) is 0 Å². The molecule has 3 aromatic rings. The van der Waals surface area contributed by atoms with Gasteiger partial charge in [-0.1, -0.05) is 18.2 Å². The highest BCUT2D eigenvalue weighted by Gasteiger charge is 2.08. The van der Waals surface area contributed by atoms with E-state index in [1.165, 1.54) is 6.07 Å². The van der Waals surface area contributed by atoms with Crippen molar-refractivity contribution in [3.8, 4) is 0 Å². The molecule has 0 radical (unpaired) electrons. The number of benzene rings is 1. The van der Waals surface area contributed by atoms with E-state index >= 15 is 0 Å². The third-order valence-corrected chi connectivity index (χ3v) is 2.58. The van der Waals surface area contributed by atoms with E-state index in [0.29, 0.717) is 5.52 Å². The summed E-state index contributed by atoms with van der Waals surface area (Å²) in [7, 11) is -4.94. The van der Waals surface area contributed by atoms with Crippen molar-refractivity contribution in [2.45, 2.75) is 0 Å². The topological polar surface area (TPSA) is 96.3 Å². The molecule has 0 aliphatic carbocycles. The molecule has 104 valence electrons. The van der Waals surface area contributed by atoms with Crippen molar-refractivity contribution in [3.63, 3.8) is 0 Å². The highest BCUT2D eigenvalue weighted by Crippen LogP contribution is 2.14. The second-order valence-electron chi connectivity index (χ2n) is 3.93. The first-order valence-electron chi connectivity index (χ1n) is 5.44. The molecule has 3 rings (SSSR count). The van der Waals surface area contributed by atoms with E-state index in [2.05, 4.69) is 0 Å². The number of hydrogen-bond donors (Lipinski definition) is 0. The highest BCUT2D eigenvalue weighted by molar-refractivity contribution is 5.83. The molecule has 0 bridgehead atoms. The van der Waals surface area contributed by atoms with Crippen LogP contribution in [0.5, 0.6) is 0 Å². The number of hydrogen-bond acceptors (Lipinski definition) is 4. The van der Waals surface area contributed by atoms with Gasteiger partial charge in [0.25, 0.3) is 0 Å². The first-order valence-corrected chi connectivity index (χ1v) is 6.68. The Balaban J connectivity index is 0.000000257. The summed E-state index contributed by atoms with van der Waals surface area (Å²) in [6.07, 6.45) is 3.79. The summed E-state index contributed by atoms with van der Waals surface area (Å²) in [4.78, 5) is 0. The van der Waals surface area contributed by atoms with Gasteiger partial charge < -0.3 is 0 Å². The molecule has 20 heavy (non-hydrogen) atoms. The molecule has 0 amide bonds. The zero-order valence-corrected chi connectivity index (χ0v) is 10.8. The van der Waals surface area contributed by atoms with Crippen LogP contribution < -0.4 is 23.0 Å². The molecule has 0 atom stereocenters. The maximum Gasteiger partial charge on any atom is 0.247 e. The van der Waals surface area contributed by atoms with Gasteiger partial charge in [0.2, 0.25) is 5.52 Å². The Morgan fingerprint density at radius 3 is 2.15 bits per heavy atom. The zero-order valence-electron chi connectivity index (χ0n) is 10.0. The standard InChI is InChI=1S/C13H9FN.ClHO4/c14-12-6-3-7-15-9-11-5-2-1-4-10(11)8-13(12)15;2-1(3,4)5/h1-9H;(H,2,3,4,5)/q+1;/p-1. The van der Waals surface area contributed by atoms with Gasteiger partial charge in [0.1, 0.15) is 0 Å². The molecule has 0 aliphatic rings. The highest BCUT2D eigenvalue weighted by atomic mass is 35.7. The average molecular weight is 298 g/mol. The van der Waals surface area contributed by atoms with Crippen LogP contribution in [-0.2, 0) is 0 Å². The summed E-state index contributed by atoms with van der Waals surface area (Å²) < 4.78 is 49.3. The van der Waals surface area contributed by atoms with E-state index in [1.54, 1.807) is 10.5 Å². The average Bonchev–Trinajstić information content (AvgIpc) is 2.35. The molecule has 0 aliphatic heterocycles. The summed E-state index contributed by atoms with van der Waals surface area (Å²) in [5.41, 5.74) is 0.608. The summed E-state index contributed by atoms with van der Waals surface area (Å²) in [5, 5.41) is 2.17. The van der Waals surface area contributed by atoms with E-state index in [4.69, 9.17) is 18.6 Å². The lowest BCUT2D eigenvalue weighted by Crippen LogP contribution is -2.68. The van der Waals surface area contributed by atoms with Crippen molar-refractivity contribution in [1.82, 2.24) is 0 Å². The van der Waals surface area contributed by atoms with Gasteiger partial charge in [0.15, 0.2) is 18.2 Å². The third kappa shape index (κ3) is 3.83. The van der Waals surface area contributed by atoms with Gasteiger partial charge in [0.05, 0.1) is 0 Å². The van der Waals surface area contributed by atoms with E-state index in [-0.39, 0.29) is 5.82 Å². The smallest absolute Gasteiger partial charge is 0.222 e. The van der Waals surface area contributed by atoms with Crippen LogP contribution in [0.15, 0.2) is 54.9 Å². The lowest BCUT2D eigenvalue weighted by Gasteiger charge is -2.17. The molecule has 0 N–H and O–H groups in total. The van der Waals surface area contributed by atoms with Gasteiger partial charge in [-0.2, -0.15) is 8.79 Å². The van der Waals surface area contributed by atoms with Gasteiger partial charge >= 0.3 is 0 Å². The summed E-state index contributed by atoms with van der Waals surface area (Å²) >= 11 is 0. The quantitative estimate of drug-likeness (QED) is 0.353. The zero-order chi connectivity index (χ0) is 14.8. The molecule has 2 heterocycles. The molecule has 0 fully saturated rings. The fourth-order valence-electron chi connectivity index (χ4n) is 1.82. The van der Waals surface area contributed by atoms with Crippen LogP contribution in [0, 0.1) is 16.1 Å². The van der Waals surface area contributed by atoms with Crippen LogP contribution >= 0.6 is 0 Å². The number of fused-ring (bicyclic) bond motifs is 2. The van der Waals surface area contributed by atoms with Gasteiger partial charge in [-0.15, -0.1) is 10.2 Å². The van der Waals surface area contributed by atoms with Crippen molar-refractivity contribution >= 4 is 16.3 Å². The van der Waals surface area contributed by atoms with Crippen LogP contribution in [-0.4, -0.2) is 0 Å². The second kappa shape index (κ2) is 5.66. The maximum absolute atomic E-state index is 13.5. The Bertz CT molecular complexity index is 739. The van der Waals surface area contributed by atoms with Crippen molar-refractivity contribution in [1.29, 1.82) is 0 Å². The number of pyridine rings is 2. The fraction of sp³-hybridized carbons (Fsp3) is 0. The lowest BCUT2D eigenvalue weighted by atomic mass is 10.1. The van der Waals surface area contributed by atoms with Crippen LogP contribution in [0.3, 0.4) is 0 Å². The first kappa shape index (κ1) is 14.6. The summed E-state index contributed by atoms with van der Waals surface area (Å²) in [5.74, 6) is -0.191. The number of aromatic nitrogens is 1. The Labute approximate surface area is 115 Å². The van der Waals surface area contributed by atoms with Gasteiger partial charge in [-0.3, -0.25) is 0 Å². The van der Waals surface area contributed by atoms with Crippen molar-refractivity contribution in [3.05, 3.63) is 60.7 Å². The van der Waals surface area contributed by atoms with Crippen molar-refractivity contribution < 1.29 is 37.7 Å². The second-order valence-corrected chi connectivity index (χ2v) is 4.68. The molecule has 0 unspecified atom stereocenters. The molecule has 0 saturated carbocycles. The third-order valence-electron chi connectivity index (χ3n) is 2.58. The minimum absolute atomic E-state index is 0.191. The molecule has 1 aromatic carbocycles. The predicted molar refractivity (Wildman–Crippen MR) is 57.1 cm³/mol. The van der Waals surface area contributed by atoms with Crippen molar-refractivity contribution in [2.75, 3.05) is 0 Å². The van der Waals surface area contributed by atoms with Gasteiger partial charge in [0, 0.05) is 17.5 Å². The molecular weight excluding hydrogens is 289 g/mol. The number of rotatable bonds is 0. The van der Waals surface area contributed by atoms with Gasteiger partial charge in [-0.05, 0) is 17.5 Å². The van der Waals surface area contributed by atoms with E-state index in [9.17, 15) is 4.39 Å². The molecule has 0 spiro atoms. The molecule has 0 saturated heterocycles. The maximum atomic E-state index is 13.5. The predicted octanol–water partition coefficient (Wildman–Crippen LogP) is -2.04. The van der Waals surface area contributed by atoms with Crippen LogP contribution in [0.4, 0.5) is 4.39 Å². The largest absolute Gasteiger partial charge is 0.247 e. The summed E-state index contributed by atoms with van der Waals surface area (Å²) in [6.45, 7) is 0. The Hall–Kier alpha value is -1.83. The first-order chi connectivity index (χ1) is 9.34. The van der Waals surface area contributed by atoms with Crippen molar-refractivity contribution in [2.24, 2.45) is 0 Å². The van der Waals surface area contributed by atoms with E-state index in [0.717, 1.165) is 10.8 Å². The molecule has 5 nitrogen and oxygen atoms in total. The monoisotopic (exact) mass is 297 g/mol. The van der Waals surface area contributed by atoms with E-state index in [1.807, 2.05) is 42.7 Å². The SMILES string of the molecule is Fc1ccc[n+]2cc3ccccc3cc12.[O-][Cl+3]([O-])([O-])[O-]. The lowest BCUT2D eigenvalue weighted by molar-refractivity contribution is -2.00. The Morgan fingerprint density at radius 1 is 0.900 bits per heavy atom. The Kier molecular flexibility index (Phi) is 4.12. The Morgan fingerprint density at radius 2 is 1.50 bits per heavy atom. The summed E-state index contributed by atoms with van der Waals surface area (Å²) in [6, 6.07) is 13.0. The number of halogens is 2. The number of nitrogens with zero attached hydrogens (tertiary/aromatic N) is 1. The molecule has 7 heteroatoms.